The van der Waals surface area contributed by atoms with E-state index in [1.54, 1.807) is 6.92 Å². The van der Waals surface area contributed by atoms with Crippen LogP contribution in [0.5, 0.6) is 0 Å². The molecule has 17 heavy (non-hydrogen) atoms. The van der Waals surface area contributed by atoms with E-state index in [-0.39, 0.29) is 29.8 Å². The molecule has 0 radical (unpaired) electrons. The molecule has 2 amide bonds. The molecule has 0 aliphatic heterocycles. The number of carbonyl (C=O) groups excluding carboxylic acids is 2. The van der Waals surface area contributed by atoms with Crippen molar-refractivity contribution >= 4 is 23.4 Å². The first kappa shape index (κ1) is 14.3. The Labute approximate surface area is 108 Å². The molecule has 1 rings (SSSR count). The number of halogens is 1. The molecule has 1 N–H and O–H groups in total. The number of hydrogen-bond acceptors (Lipinski definition) is 2. The molecule has 0 bridgehead atoms. The molecule has 2 atom stereocenters. The highest BCUT2D eigenvalue weighted by Gasteiger charge is 2.31. The Kier molecular flexibility index (Phi) is 5.75. The summed E-state index contributed by atoms with van der Waals surface area (Å²) < 4.78 is 0. The summed E-state index contributed by atoms with van der Waals surface area (Å²) in [4.78, 5) is 24.8. The van der Waals surface area contributed by atoms with Crippen LogP contribution >= 0.6 is 11.6 Å². The van der Waals surface area contributed by atoms with Crippen molar-refractivity contribution < 1.29 is 9.59 Å². The maximum absolute atomic E-state index is 11.6. The molecule has 0 aromatic heterocycles. The molecule has 0 aromatic rings. The number of carbonyl (C=O) groups is 2. The van der Waals surface area contributed by atoms with Crippen molar-refractivity contribution in [3.8, 4) is 0 Å². The van der Waals surface area contributed by atoms with Gasteiger partial charge in [-0.05, 0) is 19.8 Å². The van der Waals surface area contributed by atoms with Gasteiger partial charge in [0.2, 0.25) is 11.8 Å². The average Bonchev–Trinajstić information content (AvgIpc) is 2.31. The van der Waals surface area contributed by atoms with Gasteiger partial charge in [-0.2, -0.15) is 0 Å². The van der Waals surface area contributed by atoms with E-state index in [1.165, 1.54) is 0 Å². The van der Waals surface area contributed by atoms with Crippen molar-refractivity contribution in [3.05, 3.63) is 0 Å². The molecule has 0 unspecified atom stereocenters. The number of alkyl halides is 1. The fourth-order valence-corrected chi connectivity index (χ4v) is 2.67. The third-order valence-electron chi connectivity index (χ3n) is 3.34. The molecular formula is C12H21ClN2O2. The van der Waals surface area contributed by atoms with E-state index in [0.29, 0.717) is 6.54 Å². The SMILES string of the molecule is CCN(C(C)=O)[C@@H]1CCCC[C@@H]1NC(=O)CCl. The zero-order valence-electron chi connectivity index (χ0n) is 10.5. The van der Waals surface area contributed by atoms with Crippen LogP contribution in [0.25, 0.3) is 0 Å². The Morgan fingerprint density at radius 3 is 2.53 bits per heavy atom. The molecule has 0 saturated heterocycles. The second-order valence-electron chi connectivity index (χ2n) is 4.46. The zero-order chi connectivity index (χ0) is 12.8. The van der Waals surface area contributed by atoms with E-state index in [1.807, 2.05) is 11.8 Å². The minimum absolute atomic E-state index is 0.0184. The van der Waals surface area contributed by atoms with Crippen LogP contribution in [0.15, 0.2) is 0 Å². The summed E-state index contributed by atoms with van der Waals surface area (Å²) >= 11 is 5.50. The van der Waals surface area contributed by atoms with Gasteiger partial charge in [-0.3, -0.25) is 9.59 Å². The second-order valence-corrected chi connectivity index (χ2v) is 4.73. The largest absolute Gasteiger partial charge is 0.350 e. The van der Waals surface area contributed by atoms with Crippen LogP contribution < -0.4 is 5.32 Å². The van der Waals surface area contributed by atoms with Gasteiger partial charge >= 0.3 is 0 Å². The first-order valence-corrected chi connectivity index (χ1v) is 6.76. The van der Waals surface area contributed by atoms with E-state index in [2.05, 4.69) is 5.32 Å². The lowest BCUT2D eigenvalue weighted by Crippen LogP contribution is -2.54. The number of amides is 2. The van der Waals surface area contributed by atoms with Gasteiger partial charge < -0.3 is 10.2 Å². The Balaban J connectivity index is 2.70. The molecule has 4 nitrogen and oxygen atoms in total. The van der Waals surface area contributed by atoms with Crippen molar-refractivity contribution in [1.82, 2.24) is 10.2 Å². The molecule has 1 fully saturated rings. The lowest BCUT2D eigenvalue weighted by atomic mass is 9.89. The summed E-state index contributed by atoms with van der Waals surface area (Å²) in [6.07, 6.45) is 4.10. The fraction of sp³-hybridized carbons (Fsp3) is 0.833. The van der Waals surface area contributed by atoms with Gasteiger partial charge in [-0.15, -0.1) is 11.6 Å². The summed E-state index contributed by atoms with van der Waals surface area (Å²) in [7, 11) is 0. The van der Waals surface area contributed by atoms with Gasteiger partial charge in [-0.1, -0.05) is 12.8 Å². The van der Waals surface area contributed by atoms with Gasteiger partial charge in [0.15, 0.2) is 0 Å². The van der Waals surface area contributed by atoms with Gasteiger partial charge in [0.1, 0.15) is 5.88 Å². The van der Waals surface area contributed by atoms with E-state index >= 15 is 0 Å². The third-order valence-corrected chi connectivity index (χ3v) is 3.59. The lowest BCUT2D eigenvalue weighted by molar-refractivity contribution is -0.133. The van der Waals surface area contributed by atoms with Gasteiger partial charge in [0.05, 0.1) is 6.04 Å². The number of rotatable bonds is 4. The predicted octanol–water partition coefficient (Wildman–Crippen LogP) is 1.52. The summed E-state index contributed by atoms with van der Waals surface area (Å²) in [5, 5.41) is 2.92. The van der Waals surface area contributed by atoms with E-state index < -0.39 is 0 Å². The van der Waals surface area contributed by atoms with Gasteiger partial charge in [0, 0.05) is 19.5 Å². The minimum atomic E-state index is -0.150. The highest BCUT2D eigenvalue weighted by atomic mass is 35.5. The summed E-state index contributed by atoms with van der Waals surface area (Å²) in [6, 6.07) is 0.178. The van der Waals surface area contributed by atoms with E-state index in [4.69, 9.17) is 11.6 Å². The Hall–Kier alpha value is -0.770. The van der Waals surface area contributed by atoms with Crippen LogP contribution in [0.4, 0.5) is 0 Å². The molecule has 98 valence electrons. The summed E-state index contributed by atoms with van der Waals surface area (Å²) in [5.41, 5.74) is 0. The Morgan fingerprint density at radius 1 is 1.35 bits per heavy atom. The average molecular weight is 261 g/mol. The third kappa shape index (κ3) is 3.87. The lowest BCUT2D eigenvalue weighted by Gasteiger charge is -2.39. The quantitative estimate of drug-likeness (QED) is 0.780. The summed E-state index contributed by atoms with van der Waals surface area (Å²) in [5.74, 6) is -0.0946. The molecule has 1 saturated carbocycles. The molecule has 1 aliphatic carbocycles. The van der Waals surface area contributed by atoms with Crippen molar-refractivity contribution in [1.29, 1.82) is 0 Å². The molecule has 1 aliphatic rings. The van der Waals surface area contributed by atoms with Crippen molar-refractivity contribution in [2.75, 3.05) is 12.4 Å². The first-order valence-electron chi connectivity index (χ1n) is 6.22. The number of likely N-dealkylation sites (N-methyl/N-ethyl adjacent to an activating group) is 1. The fourth-order valence-electron chi connectivity index (χ4n) is 2.59. The molecule has 0 aromatic carbocycles. The van der Waals surface area contributed by atoms with Crippen LogP contribution in [0, 0.1) is 0 Å². The summed E-state index contributed by atoms with van der Waals surface area (Å²) in [6.45, 7) is 4.24. The standard InChI is InChI=1S/C12H21ClN2O2/c1-3-15(9(2)16)11-7-5-4-6-10(11)14-12(17)8-13/h10-11H,3-8H2,1-2H3,(H,14,17)/t10-,11+/m0/s1. The maximum Gasteiger partial charge on any atom is 0.235 e. The van der Waals surface area contributed by atoms with Gasteiger partial charge in [0.25, 0.3) is 0 Å². The van der Waals surface area contributed by atoms with Crippen molar-refractivity contribution in [3.63, 3.8) is 0 Å². The maximum atomic E-state index is 11.6. The number of nitrogens with one attached hydrogen (secondary N) is 1. The zero-order valence-corrected chi connectivity index (χ0v) is 11.3. The minimum Gasteiger partial charge on any atom is -0.350 e. The molecule has 0 heterocycles. The predicted molar refractivity (Wildman–Crippen MR) is 68.0 cm³/mol. The Bertz CT molecular complexity index is 284. The van der Waals surface area contributed by atoms with Gasteiger partial charge in [-0.25, -0.2) is 0 Å². The monoisotopic (exact) mass is 260 g/mol. The Morgan fingerprint density at radius 2 is 2.00 bits per heavy atom. The normalized spacial score (nSPS) is 24.2. The van der Waals surface area contributed by atoms with Crippen molar-refractivity contribution in [2.45, 2.75) is 51.6 Å². The van der Waals surface area contributed by atoms with E-state index in [9.17, 15) is 9.59 Å². The second kappa shape index (κ2) is 6.84. The topological polar surface area (TPSA) is 49.4 Å². The highest BCUT2D eigenvalue weighted by Crippen LogP contribution is 2.23. The van der Waals surface area contributed by atoms with Crippen LogP contribution in [-0.4, -0.2) is 41.2 Å². The number of hydrogen-bond donors (Lipinski definition) is 1. The van der Waals surface area contributed by atoms with Crippen molar-refractivity contribution in [2.24, 2.45) is 0 Å². The number of nitrogens with zero attached hydrogens (tertiary/aromatic N) is 1. The van der Waals surface area contributed by atoms with Crippen LogP contribution in [-0.2, 0) is 9.59 Å². The first-order chi connectivity index (χ1) is 8.10. The van der Waals surface area contributed by atoms with Crippen LogP contribution in [0.1, 0.15) is 39.5 Å². The van der Waals surface area contributed by atoms with Crippen LogP contribution in [0.3, 0.4) is 0 Å². The van der Waals surface area contributed by atoms with E-state index in [0.717, 1.165) is 25.7 Å². The molecule has 0 spiro atoms. The highest BCUT2D eigenvalue weighted by molar-refractivity contribution is 6.27. The molecule has 5 heteroatoms. The van der Waals surface area contributed by atoms with Crippen LogP contribution in [0.2, 0.25) is 0 Å². The molecular weight excluding hydrogens is 240 g/mol. The smallest absolute Gasteiger partial charge is 0.235 e.